The van der Waals surface area contributed by atoms with Crippen LogP contribution in [0.4, 0.5) is 0 Å². The molecular weight excluding hydrogens is 439 g/mol. The third kappa shape index (κ3) is 18.1. The molecule has 13 heavy (non-hydrogen) atoms. The van der Waals surface area contributed by atoms with Crippen LogP contribution < -0.4 is 0 Å². The molecule has 0 rings (SSSR count). The quantitative estimate of drug-likeness (QED) is 0.426. The Hall–Kier alpha value is 3.55. The van der Waals surface area contributed by atoms with Crippen molar-refractivity contribution >= 4 is 138 Å². The molecule has 90 valence electrons. The second kappa shape index (κ2) is 13.6. The highest BCUT2D eigenvalue weighted by Crippen LogP contribution is 2.39. The van der Waals surface area contributed by atoms with Gasteiger partial charge in [-0.2, -0.15) is 0 Å². The van der Waals surface area contributed by atoms with Crippen molar-refractivity contribution in [2.24, 2.45) is 0 Å². The standard InChI is InChI=1S/Cl6Si2.4ClH.H4Si/c1-7(2,3)8(4,5)6;;;;;/h;4*1H;1H4. The van der Waals surface area contributed by atoms with Crippen LogP contribution in [0.1, 0.15) is 0 Å². The summed E-state index contributed by atoms with van der Waals surface area (Å²) in [7, 11) is 0. The minimum Gasteiger partial charge on any atom is -0.147 e. The van der Waals surface area contributed by atoms with E-state index in [1.54, 1.807) is 0 Å². The Morgan fingerprint density at radius 2 is 0.538 bits per heavy atom. The Morgan fingerprint density at radius 1 is 0.462 bits per heavy atom. The molecule has 0 aromatic carbocycles. The van der Waals surface area contributed by atoms with Crippen LogP contribution >= 0.6 is 116 Å². The van der Waals surface area contributed by atoms with Crippen molar-refractivity contribution in [1.29, 1.82) is 0 Å². The molecule has 0 heterocycles. The SMILES string of the molecule is Cl.Cl.Cl.Cl.Cl[Si](Cl)(Cl)[Si](Cl)(Cl)Cl.[SiH4]. The molecular formula is H8Cl10Si3. The first-order chi connectivity index (χ1) is 3.25. The number of rotatable bonds is 1. The maximum atomic E-state index is 5.34. The summed E-state index contributed by atoms with van der Waals surface area (Å²) in [6.45, 7) is 0. The first kappa shape index (κ1) is 36.0. The molecule has 0 N–H and O–H groups in total. The van der Waals surface area contributed by atoms with Crippen molar-refractivity contribution < 1.29 is 0 Å². The minimum absolute atomic E-state index is 0. The average Bonchev–Trinajstić information content (AvgIpc) is 1.25. The normalized spacial score (nSPS) is 8.77. The molecule has 0 aliphatic rings. The van der Waals surface area contributed by atoms with E-state index in [1.165, 1.54) is 0 Å². The van der Waals surface area contributed by atoms with Crippen LogP contribution in [0.5, 0.6) is 0 Å². The molecule has 0 nitrogen and oxygen atoms in total. The molecule has 13 heteroatoms. The highest BCUT2D eigenvalue weighted by molar-refractivity contribution is 8.10. The summed E-state index contributed by atoms with van der Waals surface area (Å²) in [6, 6.07) is 0. The van der Waals surface area contributed by atoms with Crippen LogP contribution in [0.3, 0.4) is 0 Å². The van der Waals surface area contributed by atoms with E-state index in [1.807, 2.05) is 0 Å². The van der Waals surface area contributed by atoms with Crippen LogP contribution in [-0.4, -0.2) is 22.0 Å². The van der Waals surface area contributed by atoms with Gasteiger partial charge in [-0.1, -0.05) is 0 Å². The van der Waals surface area contributed by atoms with Crippen molar-refractivity contribution in [3.8, 4) is 0 Å². The molecule has 0 unspecified atom stereocenters. The van der Waals surface area contributed by atoms with E-state index >= 15 is 0 Å². The maximum Gasteiger partial charge on any atom is 0.376 e. The van der Waals surface area contributed by atoms with Crippen molar-refractivity contribution in [3.63, 3.8) is 0 Å². The van der Waals surface area contributed by atoms with Gasteiger partial charge in [0.1, 0.15) is 0 Å². The Balaban J connectivity index is -0.0000000245. The van der Waals surface area contributed by atoms with E-state index in [4.69, 9.17) is 66.5 Å². The van der Waals surface area contributed by atoms with Crippen LogP contribution in [-0.2, 0) is 0 Å². The molecule has 0 saturated heterocycles. The largest absolute Gasteiger partial charge is 0.376 e. The second-order valence-corrected chi connectivity index (χ2v) is 26.9. The summed E-state index contributed by atoms with van der Waals surface area (Å²) in [5.41, 5.74) is -6.01. The second-order valence-electron chi connectivity index (χ2n) is 0.996. The Labute approximate surface area is 136 Å². The van der Waals surface area contributed by atoms with Gasteiger partial charge < -0.3 is 0 Å². The van der Waals surface area contributed by atoms with Gasteiger partial charge in [0.15, 0.2) is 0 Å². The van der Waals surface area contributed by atoms with Crippen molar-refractivity contribution in [2.45, 2.75) is 0 Å². The zero-order valence-electron chi connectivity index (χ0n) is 4.90. The summed E-state index contributed by atoms with van der Waals surface area (Å²) >= 11 is 32.1. The molecule has 0 aliphatic carbocycles. The minimum atomic E-state index is -3.01. The highest BCUT2D eigenvalue weighted by atomic mass is 35.9. The summed E-state index contributed by atoms with van der Waals surface area (Å²) in [5.74, 6) is 0. The lowest BCUT2D eigenvalue weighted by atomic mass is 26.7. The van der Waals surface area contributed by atoms with E-state index in [9.17, 15) is 0 Å². The van der Waals surface area contributed by atoms with Gasteiger partial charge >= 0.3 is 11.0 Å². The predicted molar refractivity (Wildman–Crippen MR) is 87.0 cm³/mol. The number of halogens is 10. The van der Waals surface area contributed by atoms with Crippen LogP contribution in [0.2, 0.25) is 0 Å². The van der Waals surface area contributed by atoms with Gasteiger partial charge in [0.05, 0.1) is 0 Å². The molecule has 0 fully saturated rings. The third-order valence-corrected chi connectivity index (χ3v) is 26.0. The van der Waals surface area contributed by atoms with E-state index < -0.39 is 11.0 Å². The fourth-order valence-corrected chi connectivity index (χ4v) is 0. The van der Waals surface area contributed by atoms with Crippen LogP contribution in [0, 0.1) is 0 Å². The van der Waals surface area contributed by atoms with E-state index in [-0.39, 0.29) is 60.6 Å². The maximum absolute atomic E-state index is 5.34. The molecule has 0 spiro atoms. The molecule has 0 aliphatic heterocycles. The molecule has 0 bridgehead atoms. The van der Waals surface area contributed by atoms with E-state index in [2.05, 4.69) is 0 Å². The molecule has 0 atom stereocenters. The zero-order chi connectivity index (χ0) is 7.00. The lowest BCUT2D eigenvalue weighted by Crippen LogP contribution is -2.36. The summed E-state index contributed by atoms with van der Waals surface area (Å²) in [4.78, 5) is 0. The van der Waals surface area contributed by atoms with Gasteiger partial charge in [-0.25, -0.2) is 0 Å². The predicted octanol–water partition coefficient (Wildman–Crippen LogP) is 3.61. The smallest absolute Gasteiger partial charge is 0.147 e. The molecule has 0 radical (unpaired) electrons. The first-order valence-corrected chi connectivity index (χ1v) is 12.5. The number of hydrogen-bond donors (Lipinski definition) is 0. The highest BCUT2D eigenvalue weighted by Gasteiger charge is 2.52. The number of hydrogen-bond acceptors (Lipinski definition) is 0. The lowest BCUT2D eigenvalue weighted by Gasteiger charge is -2.12. The molecule has 0 amide bonds. The Kier molecular flexibility index (Phi) is 37.7. The monoisotopic (exact) mass is 442 g/mol. The van der Waals surface area contributed by atoms with Gasteiger partial charge in [-0.3, -0.25) is 0 Å². The zero-order valence-corrected chi connectivity index (χ0v) is 14.7. The first-order valence-electron chi connectivity index (χ1n) is 1.38. The van der Waals surface area contributed by atoms with Gasteiger partial charge in [0.2, 0.25) is 0 Å². The fraction of sp³-hybridized carbons (Fsp3) is 0. The van der Waals surface area contributed by atoms with Crippen LogP contribution in [0.15, 0.2) is 0 Å². The Bertz CT molecular complexity index is 65.2. The average molecular weight is 447 g/mol. The molecule has 0 aromatic rings. The third-order valence-electron chi connectivity index (χ3n) is 0.321. The molecule has 0 saturated carbocycles. The lowest BCUT2D eigenvalue weighted by molar-refractivity contribution is 3.49. The summed E-state index contributed by atoms with van der Waals surface area (Å²) in [5, 5.41) is 0. The Morgan fingerprint density at radius 3 is 0.538 bits per heavy atom. The van der Waals surface area contributed by atoms with Gasteiger partial charge in [0.25, 0.3) is 0 Å². The van der Waals surface area contributed by atoms with Crippen molar-refractivity contribution in [3.05, 3.63) is 0 Å². The van der Waals surface area contributed by atoms with Gasteiger partial charge in [0, 0.05) is 0 Å². The fourth-order valence-electron chi connectivity index (χ4n) is 0. The van der Waals surface area contributed by atoms with E-state index in [0.29, 0.717) is 0 Å². The van der Waals surface area contributed by atoms with Gasteiger partial charge in [-0.15, -0.1) is 116 Å². The topological polar surface area (TPSA) is 0 Å². The summed E-state index contributed by atoms with van der Waals surface area (Å²) in [6.07, 6.45) is 0. The van der Waals surface area contributed by atoms with E-state index in [0.717, 1.165) is 0 Å². The summed E-state index contributed by atoms with van der Waals surface area (Å²) < 4.78 is 0. The van der Waals surface area contributed by atoms with Crippen molar-refractivity contribution in [2.75, 3.05) is 0 Å². The molecule has 0 aromatic heterocycles. The van der Waals surface area contributed by atoms with Gasteiger partial charge in [-0.05, 0) is 11.0 Å². The van der Waals surface area contributed by atoms with Crippen molar-refractivity contribution in [1.82, 2.24) is 0 Å². The van der Waals surface area contributed by atoms with Crippen LogP contribution in [0.25, 0.3) is 0 Å².